The number of rotatable bonds is 6. The van der Waals surface area contributed by atoms with E-state index in [4.69, 9.17) is 9.47 Å². The molecule has 7 heteroatoms. The normalized spacial score (nSPS) is 11.9. The van der Waals surface area contributed by atoms with Crippen LogP contribution < -0.4 is 4.74 Å². The number of phenols is 1. The van der Waals surface area contributed by atoms with Gasteiger partial charge in [-0.15, -0.1) is 11.3 Å². The van der Waals surface area contributed by atoms with Gasteiger partial charge in [-0.05, 0) is 62.7 Å². The third-order valence-corrected chi connectivity index (χ3v) is 6.15. The molecule has 0 aliphatic rings. The molecule has 4 nitrogen and oxygen atoms in total. The molecule has 0 bridgehead atoms. The number of thiophene rings is 1. The first-order valence-electron chi connectivity index (χ1n) is 10.9. The summed E-state index contributed by atoms with van der Waals surface area (Å²) in [6.45, 7) is 5.40. The Morgan fingerprint density at radius 1 is 1.03 bits per heavy atom. The zero-order valence-corrected chi connectivity index (χ0v) is 20.2. The summed E-state index contributed by atoms with van der Waals surface area (Å²) in [6.07, 6.45) is 0.360. The minimum Gasteiger partial charge on any atom is -0.508 e. The van der Waals surface area contributed by atoms with Gasteiger partial charge in [0.25, 0.3) is 6.43 Å². The number of carbonyl (C=O) groups is 1. The second kappa shape index (κ2) is 9.88. The highest BCUT2D eigenvalue weighted by molar-refractivity contribution is 7.22. The number of esters is 1. The fourth-order valence-corrected chi connectivity index (χ4v) is 4.71. The van der Waals surface area contributed by atoms with E-state index in [-0.39, 0.29) is 11.3 Å². The molecule has 1 N–H and O–H groups in total. The highest BCUT2D eigenvalue weighted by atomic mass is 32.1. The molecule has 0 radical (unpaired) electrons. The summed E-state index contributed by atoms with van der Waals surface area (Å²) in [5.74, 6) is 0.589. The first-order valence-corrected chi connectivity index (χ1v) is 11.7. The van der Waals surface area contributed by atoms with Gasteiger partial charge in [0.05, 0.1) is 4.88 Å². The van der Waals surface area contributed by atoms with E-state index in [1.165, 1.54) is 29.5 Å². The van der Waals surface area contributed by atoms with Crippen LogP contribution in [0.25, 0.3) is 26.6 Å². The molecule has 0 aliphatic carbocycles. The van der Waals surface area contributed by atoms with Crippen LogP contribution in [0.1, 0.15) is 38.3 Å². The van der Waals surface area contributed by atoms with Gasteiger partial charge >= 0.3 is 5.97 Å². The number of carbonyl (C=O) groups excluding carboxylic acids is 1. The van der Waals surface area contributed by atoms with Crippen molar-refractivity contribution >= 4 is 33.5 Å². The van der Waals surface area contributed by atoms with Crippen molar-refractivity contribution in [2.24, 2.45) is 0 Å². The minimum absolute atomic E-state index is 0.0834. The van der Waals surface area contributed by atoms with Gasteiger partial charge < -0.3 is 14.6 Å². The topological polar surface area (TPSA) is 55.8 Å². The molecule has 0 spiro atoms. The second-order valence-corrected chi connectivity index (χ2v) is 9.92. The van der Waals surface area contributed by atoms with Gasteiger partial charge in [-0.3, -0.25) is 0 Å². The van der Waals surface area contributed by atoms with Crippen LogP contribution in [0.2, 0.25) is 0 Å². The van der Waals surface area contributed by atoms with Crippen LogP contribution in [-0.4, -0.2) is 16.7 Å². The lowest BCUT2D eigenvalue weighted by Gasteiger charge is -2.17. The van der Waals surface area contributed by atoms with Gasteiger partial charge in [0.1, 0.15) is 17.1 Å². The van der Waals surface area contributed by atoms with E-state index in [2.05, 4.69) is 0 Å². The average molecular weight is 495 g/mol. The molecule has 0 saturated heterocycles. The number of aromatic hydroxyl groups is 1. The molecule has 0 saturated carbocycles. The van der Waals surface area contributed by atoms with E-state index >= 15 is 0 Å². The molecule has 0 fully saturated rings. The molecule has 0 atom stereocenters. The fourth-order valence-electron chi connectivity index (χ4n) is 3.50. The van der Waals surface area contributed by atoms with Crippen LogP contribution in [-0.2, 0) is 9.53 Å². The van der Waals surface area contributed by atoms with Crippen molar-refractivity contribution < 1.29 is 28.2 Å². The Hall–Kier alpha value is -3.71. The van der Waals surface area contributed by atoms with Crippen LogP contribution >= 0.6 is 11.3 Å². The third-order valence-electron chi connectivity index (χ3n) is 4.99. The molecule has 0 aliphatic heterocycles. The maximum absolute atomic E-state index is 13.7. The highest BCUT2D eigenvalue weighted by Crippen LogP contribution is 2.49. The Kier molecular flexibility index (Phi) is 6.89. The summed E-state index contributed by atoms with van der Waals surface area (Å²) < 4.78 is 39.7. The lowest BCUT2D eigenvalue weighted by molar-refractivity contribution is -0.148. The van der Waals surface area contributed by atoms with Crippen molar-refractivity contribution in [2.75, 3.05) is 0 Å². The monoisotopic (exact) mass is 494 g/mol. The Bertz CT molecular complexity index is 1380. The lowest BCUT2D eigenvalue weighted by atomic mass is 10.0. The SMILES string of the molecule is CC(C)(C)OC(=O)C=Cc1ccc(Oc2c(-c3ccccc3C(F)F)sc3cc(O)ccc23)cc1. The number of phenolic OH excluding ortho intramolecular Hbond substituents is 1. The van der Waals surface area contributed by atoms with Crippen LogP contribution in [0.15, 0.2) is 72.8 Å². The quantitative estimate of drug-likeness (QED) is 0.216. The number of alkyl halides is 2. The van der Waals surface area contributed by atoms with Gasteiger partial charge in [-0.25, -0.2) is 13.6 Å². The predicted molar refractivity (Wildman–Crippen MR) is 135 cm³/mol. The van der Waals surface area contributed by atoms with E-state index in [1.54, 1.807) is 81.4 Å². The van der Waals surface area contributed by atoms with Crippen LogP contribution in [0.4, 0.5) is 8.78 Å². The van der Waals surface area contributed by atoms with E-state index in [1.807, 2.05) is 0 Å². The van der Waals surface area contributed by atoms with Crippen LogP contribution in [0, 0.1) is 0 Å². The Morgan fingerprint density at radius 2 is 1.74 bits per heavy atom. The standard InChI is InChI=1S/C28H24F2O4S/c1-28(2,3)34-24(32)15-10-17-8-12-19(13-9-17)33-25-22-14-11-18(31)16-23(22)35-26(25)20-6-4-5-7-21(20)27(29)30/h4-16,27,31H,1-3H3. The van der Waals surface area contributed by atoms with E-state index in [0.717, 1.165) is 10.3 Å². The zero-order chi connectivity index (χ0) is 25.2. The number of ether oxygens (including phenoxy) is 2. The summed E-state index contributed by atoms with van der Waals surface area (Å²) in [5, 5.41) is 10.6. The Morgan fingerprint density at radius 3 is 2.43 bits per heavy atom. The lowest BCUT2D eigenvalue weighted by Crippen LogP contribution is -2.22. The molecule has 4 aromatic rings. The largest absolute Gasteiger partial charge is 0.508 e. The molecule has 3 aromatic carbocycles. The van der Waals surface area contributed by atoms with Crippen molar-refractivity contribution in [2.45, 2.75) is 32.8 Å². The van der Waals surface area contributed by atoms with Gasteiger partial charge in [0.15, 0.2) is 5.75 Å². The van der Waals surface area contributed by atoms with Crippen molar-refractivity contribution in [1.82, 2.24) is 0 Å². The molecular weight excluding hydrogens is 470 g/mol. The maximum Gasteiger partial charge on any atom is 0.331 e. The highest BCUT2D eigenvalue weighted by Gasteiger charge is 2.22. The first kappa shape index (κ1) is 24.4. The number of hydrogen-bond acceptors (Lipinski definition) is 5. The number of halogens is 2. The summed E-state index contributed by atoms with van der Waals surface area (Å²) >= 11 is 1.28. The summed E-state index contributed by atoms with van der Waals surface area (Å²) in [7, 11) is 0. The molecular formula is C28H24F2O4S. The second-order valence-electron chi connectivity index (χ2n) is 8.87. The first-order chi connectivity index (χ1) is 16.6. The van der Waals surface area contributed by atoms with Crippen LogP contribution in [0.5, 0.6) is 17.2 Å². The summed E-state index contributed by atoms with van der Waals surface area (Å²) in [4.78, 5) is 12.5. The zero-order valence-electron chi connectivity index (χ0n) is 19.4. The third kappa shape index (κ3) is 5.87. The fraction of sp³-hybridized carbons (Fsp3) is 0.179. The van der Waals surface area contributed by atoms with Gasteiger partial charge in [-0.2, -0.15) is 0 Å². The van der Waals surface area contributed by atoms with Crippen molar-refractivity contribution in [3.05, 3.63) is 83.9 Å². The molecule has 4 rings (SSSR count). The Balaban J connectivity index is 1.67. The molecule has 0 amide bonds. The molecule has 35 heavy (non-hydrogen) atoms. The van der Waals surface area contributed by atoms with Crippen molar-refractivity contribution in [3.63, 3.8) is 0 Å². The molecule has 0 unspecified atom stereocenters. The molecule has 180 valence electrons. The van der Waals surface area contributed by atoms with Gasteiger partial charge in [0.2, 0.25) is 0 Å². The average Bonchev–Trinajstić information content (AvgIpc) is 3.14. The van der Waals surface area contributed by atoms with Crippen LogP contribution in [0.3, 0.4) is 0 Å². The molecule has 1 aromatic heterocycles. The number of benzene rings is 3. The molecule has 1 heterocycles. The predicted octanol–water partition coefficient (Wildman–Crippen LogP) is 8.36. The smallest absolute Gasteiger partial charge is 0.331 e. The van der Waals surface area contributed by atoms with Crippen molar-refractivity contribution in [3.8, 4) is 27.7 Å². The summed E-state index contributed by atoms with van der Waals surface area (Å²) in [6, 6.07) is 18.2. The van der Waals surface area contributed by atoms with E-state index < -0.39 is 18.0 Å². The summed E-state index contributed by atoms with van der Waals surface area (Å²) in [5.41, 5.74) is 0.497. The number of hydrogen-bond donors (Lipinski definition) is 1. The van der Waals surface area contributed by atoms with Gasteiger partial charge in [-0.1, -0.05) is 36.4 Å². The van der Waals surface area contributed by atoms with E-state index in [9.17, 15) is 18.7 Å². The number of fused-ring (bicyclic) bond motifs is 1. The maximum atomic E-state index is 13.7. The van der Waals surface area contributed by atoms with Gasteiger partial charge in [0, 0.05) is 27.3 Å². The van der Waals surface area contributed by atoms with E-state index in [0.29, 0.717) is 27.3 Å². The van der Waals surface area contributed by atoms with Crippen molar-refractivity contribution in [1.29, 1.82) is 0 Å². The Labute approximate surface area is 206 Å². The minimum atomic E-state index is -2.64.